The summed E-state index contributed by atoms with van der Waals surface area (Å²) in [6, 6.07) is -0.220. The Hall–Kier alpha value is -0.610. The molecule has 0 aromatic rings. The maximum Gasteiger partial charge on any atom is 0.237 e. The first-order valence-electron chi connectivity index (χ1n) is 6.00. The third-order valence-corrected chi connectivity index (χ3v) is 3.49. The maximum atomic E-state index is 11.7. The zero-order valence-electron chi connectivity index (χ0n) is 10.7. The molecule has 0 spiro atoms. The van der Waals surface area contributed by atoms with E-state index < -0.39 is 0 Å². The van der Waals surface area contributed by atoms with Crippen molar-refractivity contribution < 1.29 is 9.90 Å². The van der Waals surface area contributed by atoms with Crippen LogP contribution in [0.4, 0.5) is 0 Å². The number of amides is 1. The predicted octanol–water partition coefficient (Wildman–Crippen LogP) is 0.508. The second-order valence-electron chi connectivity index (χ2n) is 5.86. The topological polar surface area (TPSA) is 61.4 Å². The van der Waals surface area contributed by atoms with Crippen LogP contribution in [0.2, 0.25) is 0 Å². The first-order chi connectivity index (χ1) is 7.30. The highest BCUT2D eigenvalue weighted by Gasteiger charge is 2.28. The van der Waals surface area contributed by atoms with Gasteiger partial charge >= 0.3 is 0 Å². The average Bonchev–Trinajstić information content (AvgIpc) is 2.59. The first-order valence-corrected chi connectivity index (χ1v) is 6.00. The molecule has 0 saturated carbocycles. The van der Waals surface area contributed by atoms with Gasteiger partial charge in [-0.15, -0.1) is 0 Å². The molecule has 3 N–H and O–H groups in total. The number of nitrogens with one attached hydrogen (secondary N) is 2. The highest BCUT2D eigenvalue weighted by atomic mass is 16.3. The predicted molar refractivity (Wildman–Crippen MR) is 64.0 cm³/mol. The van der Waals surface area contributed by atoms with Crippen LogP contribution < -0.4 is 10.6 Å². The number of carbonyl (C=O) groups is 1. The van der Waals surface area contributed by atoms with E-state index in [2.05, 4.69) is 38.3 Å². The minimum absolute atomic E-state index is 0.00708. The zero-order chi connectivity index (χ0) is 12.3. The molecule has 1 aliphatic heterocycles. The van der Waals surface area contributed by atoms with E-state index >= 15 is 0 Å². The summed E-state index contributed by atoms with van der Waals surface area (Å²) in [5.41, 5.74) is 0.204. The van der Waals surface area contributed by atoms with Crippen molar-refractivity contribution in [1.29, 1.82) is 0 Å². The van der Waals surface area contributed by atoms with Crippen molar-refractivity contribution in [3.05, 3.63) is 0 Å². The Kier molecular flexibility index (Phi) is 4.33. The van der Waals surface area contributed by atoms with Gasteiger partial charge in [-0.1, -0.05) is 27.7 Å². The maximum absolute atomic E-state index is 11.7. The Balaban J connectivity index is 2.30. The summed E-state index contributed by atoms with van der Waals surface area (Å²) >= 11 is 0. The van der Waals surface area contributed by atoms with Gasteiger partial charge in [0.2, 0.25) is 5.91 Å². The van der Waals surface area contributed by atoms with Crippen molar-refractivity contribution in [2.24, 2.45) is 11.3 Å². The van der Waals surface area contributed by atoms with E-state index in [9.17, 15) is 9.90 Å². The van der Waals surface area contributed by atoms with E-state index in [1.165, 1.54) is 0 Å². The zero-order valence-corrected chi connectivity index (χ0v) is 10.7. The van der Waals surface area contributed by atoms with Crippen LogP contribution in [0.25, 0.3) is 0 Å². The molecule has 0 aromatic heterocycles. The van der Waals surface area contributed by atoms with Gasteiger partial charge in [-0.3, -0.25) is 4.79 Å². The molecule has 3 unspecified atom stereocenters. The molecular weight excluding hydrogens is 204 g/mol. The highest BCUT2D eigenvalue weighted by molar-refractivity contribution is 5.82. The molecule has 1 saturated heterocycles. The monoisotopic (exact) mass is 228 g/mol. The number of hydrogen-bond donors (Lipinski definition) is 3. The summed E-state index contributed by atoms with van der Waals surface area (Å²) < 4.78 is 0. The molecule has 0 bridgehead atoms. The fraction of sp³-hybridized carbons (Fsp3) is 0.917. The Bertz CT molecular complexity index is 248. The van der Waals surface area contributed by atoms with Crippen LogP contribution in [0.5, 0.6) is 0 Å². The number of aliphatic hydroxyl groups is 1. The molecule has 1 rings (SSSR count). The molecule has 16 heavy (non-hydrogen) atoms. The van der Waals surface area contributed by atoms with E-state index in [1.807, 2.05) is 0 Å². The van der Waals surface area contributed by atoms with E-state index in [0.717, 1.165) is 0 Å². The number of aliphatic hydroxyl groups excluding tert-OH is 1. The summed E-state index contributed by atoms with van der Waals surface area (Å²) in [5.74, 6) is 0.440. The van der Waals surface area contributed by atoms with Gasteiger partial charge in [0.1, 0.15) is 0 Å². The minimum atomic E-state index is -0.379. The van der Waals surface area contributed by atoms with E-state index in [4.69, 9.17) is 0 Å². The minimum Gasteiger partial charge on any atom is -0.392 e. The first kappa shape index (κ1) is 13.5. The number of rotatable bonds is 3. The molecular formula is C12H24N2O2. The summed E-state index contributed by atoms with van der Waals surface area (Å²) in [6.07, 6.45) is 0.145. The summed E-state index contributed by atoms with van der Waals surface area (Å²) in [4.78, 5) is 11.7. The summed E-state index contributed by atoms with van der Waals surface area (Å²) in [6.45, 7) is 9.85. The van der Waals surface area contributed by atoms with Crippen molar-refractivity contribution >= 4 is 5.91 Å². The van der Waals surface area contributed by atoms with Crippen LogP contribution in [0.3, 0.4) is 0 Å². The third kappa shape index (κ3) is 3.76. The van der Waals surface area contributed by atoms with Gasteiger partial charge in [-0.25, -0.2) is 0 Å². The van der Waals surface area contributed by atoms with Gasteiger partial charge in [0, 0.05) is 13.1 Å². The van der Waals surface area contributed by atoms with Crippen molar-refractivity contribution in [1.82, 2.24) is 10.6 Å². The molecule has 1 fully saturated rings. The van der Waals surface area contributed by atoms with Crippen molar-refractivity contribution in [3.63, 3.8) is 0 Å². The Morgan fingerprint density at radius 3 is 2.62 bits per heavy atom. The van der Waals surface area contributed by atoms with Gasteiger partial charge < -0.3 is 15.7 Å². The van der Waals surface area contributed by atoms with E-state index in [1.54, 1.807) is 0 Å². The standard InChI is InChI=1S/C12H24N2O2/c1-8(12(2,3)4)6-14-11(16)10-5-9(15)7-13-10/h8-10,13,15H,5-7H2,1-4H3,(H,14,16). The van der Waals surface area contributed by atoms with Crippen LogP contribution in [0, 0.1) is 11.3 Å². The fourth-order valence-electron chi connectivity index (χ4n) is 1.60. The van der Waals surface area contributed by atoms with Gasteiger partial charge in [-0.05, 0) is 17.8 Å². The number of hydrogen-bond acceptors (Lipinski definition) is 3. The molecule has 3 atom stereocenters. The normalized spacial score (nSPS) is 27.8. The van der Waals surface area contributed by atoms with Gasteiger partial charge in [0.25, 0.3) is 0 Å². The van der Waals surface area contributed by atoms with Crippen LogP contribution >= 0.6 is 0 Å². The molecule has 94 valence electrons. The second-order valence-corrected chi connectivity index (χ2v) is 5.86. The van der Waals surface area contributed by atoms with Crippen molar-refractivity contribution in [2.45, 2.75) is 46.3 Å². The Labute approximate surface area is 97.8 Å². The Morgan fingerprint density at radius 1 is 1.56 bits per heavy atom. The number of β-amino-alcohol motifs (C(OH)–C–C–N with tert-alkyl or cyclic N) is 1. The second kappa shape index (κ2) is 5.15. The molecule has 1 aliphatic rings. The van der Waals surface area contributed by atoms with E-state index in [-0.39, 0.29) is 23.5 Å². The SMILES string of the molecule is CC(CNC(=O)C1CC(O)CN1)C(C)(C)C. The quantitative estimate of drug-likeness (QED) is 0.659. The average molecular weight is 228 g/mol. The van der Waals surface area contributed by atoms with Gasteiger partial charge in [-0.2, -0.15) is 0 Å². The molecule has 0 radical (unpaired) electrons. The number of carbonyl (C=O) groups excluding carboxylic acids is 1. The lowest BCUT2D eigenvalue weighted by Crippen LogP contribution is -2.43. The van der Waals surface area contributed by atoms with Crippen molar-refractivity contribution in [3.8, 4) is 0 Å². The summed E-state index contributed by atoms with van der Waals surface area (Å²) in [5, 5.41) is 15.3. The van der Waals surface area contributed by atoms with Crippen molar-refractivity contribution in [2.75, 3.05) is 13.1 Å². The van der Waals surface area contributed by atoms with Crippen LogP contribution in [0.1, 0.15) is 34.1 Å². The molecule has 0 aromatic carbocycles. The smallest absolute Gasteiger partial charge is 0.237 e. The fourth-order valence-corrected chi connectivity index (χ4v) is 1.60. The van der Waals surface area contributed by atoms with Crippen LogP contribution in [-0.4, -0.2) is 36.2 Å². The van der Waals surface area contributed by atoms with Gasteiger partial charge in [0.05, 0.1) is 12.1 Å². The van der Waals surface area contributed by atoms with Crippen LogP contribution in [-0.2, 0) is 4.79 Å². The van der Waals surface area contributed by atoms with Crippen LogP contribution in [0.15, 0.2) is 0 Å². The third-order valence-electron chi connectivity index (χ3n) is 3.49. The molecule has 1 heterocycles. The lowest BCUT2D eigenvalue weighted by Gasteiger charge is -2.27. The van der Waals surface area contributed by atoms with E-state index in [0.29, 0.717) is 25.4 Å². The lowest BCUT2D eigenvalue weighted by molar-refractivity contribution is -0.123. The molecule has 4 nitrogen and oxygen atoms in total. The van der Waals surface area contributed by atoms with Gasteiger partial charge in [0.15, 0.2) is 0 Å². The molecule has 4 heteroatoms. The lowest BCUT2D eigenvalue weighted by atomic mass is 9.82. The Morgan fingerprint density at radius 2 is 2.19 bits per heavy atom. The summed E-state index contributed by atoms with van der Waals surface area (Å²) in [7, 11) is 0. The molecule has 0 aliphatic carbocycles. The highest BCUT2D eigenvalue weighted by Crippen LogP contribution is 2.24. The molecule has 1 amide bonds. The largest absolute Gasteiger partial charge is 0.392 e.